The third kappa shape index (κ3) is 5.01. The topological polar surface area (TPSA) is 141 Å². The number of amidine groups is 1. The number of sulfonamides is 1. The minimum atomic E-state index is -3.70. The average Bonchev–Trinajstić information content (AvgIpc) is 3.31. The van der Waals surface area contributed by atoms with Crippen LogP contribution in [0.5, 0.6) is 0 Å². The smallest absolute Gasteiger partial charge is 0.282 e. The zero-order chi connectivity index (χ0) is 24.7. The summed E-state index contributed by atoms with van der Waals surface area (Å²) in [6, 6.07) is 9.96. The Balaban J connectivity index is 0.00000304. The molecule has 1 unspecified atom stereocenters. The van der Waals surface area contributed by atoms with Crippen LogP contribution in [0.2, 0.25) is 5.02 Å². The van der Waals surface area contributed by atoms with Gasteiger partial charge in [0.1, 0.15) is 0 Å². The number of oxime groups is 1. The largest absolute Gasteiger partial charge is 0.409 e. The van der Waals surface area contributed by atoms with E-state index >= 15 is 0 Å². The molecule has 2 aliphatic rings. The predicted molar refractivity (Wildman–Crippen MR) is 141 cm³/mol. The van der Waals surface area contributed by atoms with E-state index in [0.29, 0.717) is 23.0 Å². The van der Waals surface area contributed by atoms with Gasteiger partial charge >= 0.3 is 0 Å². The van der Waals surface area contributed by atoms with Crippen LogP contribution in [0, 0.1) is 0 Å². The molecule has 1 atom stereocenters. The standard InChI is InChI=1S/C22H23ClN6O4S2.ClH/c23-15-3-1-14-10-16(4-2-13(14)9-15)35(32,33)29-7-5-28(6-8-29)22(30)21-26-17-11-18(20(24)27-31)25-12-19(17)34-21;/h1-4,9-10,18,25,31H,5-8,11-12H2,(H2,24,27);1H. The van der Waals surface area contributed by atoms with E-state index in [1.807, 2.05) is 0 Å². The maximum absolute atomic E-state index is 13.2. The van der Waals surface area contributed by atoms with Gasteiger partial charge in [-0.05, 0) is 35.0 Å². The monoisotopic (exact) mass is 570 g/mol. The molecule has 0 radical (unpaired) electrons. The molecule has 36 heavy (non-hydrogen) atoms. The van der Waals surface area contributed by atoms with Crippen molar-refractivity contribution >= 4 is 67.9 Å². The Bertz CT molecular complexity index is 1440. The number of piperazine rings is 1. The highest BCUT2D eigenvalue weighted by molar-refractivity contribution is 7.89. The summed E-state index contributed by atoms with van der Waals surface area (Å²) in [6.07, 6.45) is 0.430. The molecule has 1 amide bonds. The molecule has 14 heteroatoms. The Labute approximate surface area is 223 Å². The van der Waals surface area contributed by atoms with Crippen LogP contribution in [0.4, 0.5) is 0 Å². The summed E-state index contributed by atoms with van der Waals surface area (Å²) in [5, 5.41) is 17.7. The Morgan fingerprint density at radius 2 is 1.86 bits per heavy atom. The van der Waals surface area contributed by atoms with Crippen molar-refractivity contribution in [2.75, 3.05) is 26.2 Å². The molecular weight excluding hydrogens is 547 g/mol. The van der Waals surface area contributed by atoms with Crippen LogP contribution in [-0.2, 0) is 23.0 Å². The first-order chi connectivity index (χ1) is 16.8. The van der Waals surface area contributed by atoms with Gasteiger partial charge in [-0.3, -0.25) is 4.79 Å². The summed E-state index contributed by atoms with van der Waals surface area (Å²) in [6.45, 7) is 1.42. The fourth-order valence-electron chi connectivity index (χ4n) is 4.30. The number of hydrogen-bond donors (Lipinski definition) is 3. The van der Waals surface area contributed by atoms with Crippen molar-refractivity contribution in [3.8, 4) is 0 Å². The van der Waals surface area contributed by atoms with Crippen molar-refractivity contribution in [2.45, 2.75) is 23.9 Å². The first-order valence-corrected chi connectivity index (χ1v) is 13.6. The lowest BCUT2D eigenvalue weighted by atomic mass is 10.1. The number of nitrogens with two attached hydrogens (primary N) is 1. The number of amides is 1. The lowest BCUT2D eigenvalue weighted by Crippen LogP contribution is -2.50. The third-order valence-electron chi connectivity index (χ3n) is 6.28. The summed E-state index contributed by atoms with van der Waals surface area (Å²) < 4.78 is 27.9. The zero-order valence-corrected chi connectivity index (χ0v) is 22.1. The van der Waals surface area contributed by atoms with Gasteiger partial charge in [0.15, 0.2) is 10.8 Å². The van der Waals surface area contributed by atoms with Gasteiger partial charge in [0, 0.05) is 49.0 Å². The molecular formula is C22H24Cl2N6O4S2. The molecule has 0 bridgehead atoms. The number of rotatable bonds is 4. The van der Waals surface area contributed by atoms with Crippen molar-refractivity contribution in [3.05, 3.63) is 57.0 Å². The van der Waals surface area contributed by atoms with Crippen LogP contribution in [0.15, 0.2) is 46.4 Å². The molecule has 3 aromatic rings. The molecule has 5 rings (SSSR count). The van der Waals surface area contributed by atoms with Crippen LogP contribution in [0.1, 0.15) is 20.4 Å². The summed E-state index contributed by atoms with van der Waals surface area (Å²) in [5.41, 5.74) is 6.45. The number of nitrogens with zero attached hydrogens (tertiary/aromatic N) is 4. The first-order valence-electron chi connectivity index (χ1n) is 10.9. The van der Waals surface area contributed by atoms with Crippen molar-refractivity contribution < 1.29 is 18.4 Å². The highest BCUT2D eigenvalue weighted by atomic mass is 35.5. The zero-order valence-electron chi connectivity index (χ0n) is 18.9. The van der Waals surface area contributed by atoms with Crippen LogP contribution < -0.4 is 11.1 Å². The van der Waals surface area contributed by atoms with Gasteiger partial charge in [0.25, 0.3) is 5.91 Å². The van der Waals surface area contributed by atoms with Gasteiger partial charge in [-0.15, -0.1) is 23.7 Å². The maximum atomic E-state index is 13.2. The number of nitrogens with one attached hydrogen (secondary N) is 1. The van der Waals surface area contributed by atoms with Crippen molar-refractivity contribution in [1.29, 1.82) is 0 Å². The minimum Gasteiger partial charge on any atom is -0.409 e. The van der Waals surface area contributed by atoms with E-state index in [1.54, 1.807) is 41.3 Å². The van der Waals surface area contributed by atoms with Crippen LogP contribution in [0.3, 0.4) is 0 Å². The highest BCUT2D eigenvalue weighted by Gasteiger charge is 2.33. The molecule has 0 saturated carbocycles. The molecule has 2 aromatic carbocycles. The van der Waals surface area contributed by atoms with Crippen molar-refractivity contribution in [1.82, 2.24) is 19.5 Å². The van der Waals surface area contributed by atoms with E-state index < -0.39 is 10.0 Å². The molecule has 3 heterocycles. The first kappa shape index (κ1) is 26.6. The van der Waals surface area contributed by atoms with Crippen LogP contribution in [0.25, 0.3) is 10.8 Å². The van der Waals surface area contributed by atoms with Gasteiger partial charge < -0.3 is 21.2 Å². The second-order valence-electron chi connectivity index (χ2n) is 8.40. The fourth-order valence-corrected chi connectivity index (χ4v) is 6.95. The van der Waals surface area contributed by atoms with E-state index in [1.165, 1.54) is 15.6 Å². The van der Waals surface area contributed by atoms with E-state index in [0.717, 1.165) is 21.3 Å². The molecule has 0 aliphatic carbocycles. The Hall–Kier alpha value is -2.48. The highest BCUT2D eigenvalue weighted by Crippen LogP contribution is 2.27. The number of aromatic nitrogens is 1. The third-order valence-corrected chi connectivity index (χ3v) is 9.49. The normalized spacial score (nSPS) is 19.1. The minimum absolute atomic E-state index is 0. The lowest BCUT2D eigenvalue weighted by molar-refractivity contribution is 0.0697. The number of hydrogen-bond acceptors (Lipinski definition) is 8. The summed E-state index contributed by atoms with van der Waals surface area (Å²) >= 11 is 7.34. The number of carbonyl (C=O) groups excluding carboxylic acids is 1. The predicted octanol–water partition coefficient (Wildman–Crippen LogP) is 2.28. The number of benzene rings is 2. The Morgan fingerprint density at radius 3 is 2.58 bits per heavy atom. The fraction of sp³-hybridized carbons (Fsp3) is 0.318. The number of thiazole rings is 1. The molecule has 1 fully saturated rings. The summed E-state index contributed by atoms with van der Waals surface area (Å²) in [5.74, 6) is -0.145. The Morgan fingerprint density at radius 1 is 1.17 bits per heavy atom. The molecule has 1 aromatic heterocycles. The van der Waals surface area contributed by atoms with Gasteiger partial charge in [-0.1, -0.05) is 28.9 Å². The molecule has 1 saturated heterocycles. The second kappa shape index (κ2) is 10.5. The summed E-state index contributed by atoms with van der Waals surface area (Å²) in [7, 11) is -3.70. The maximum Gasteiger partial charge on any atom is 0.282 e. The van der Waals surface area contributed by atoms with E-state index in [4.69, 9.17) is 22.5 Å². The van der Waals surface area contributed by atoms with E-state index in [-0.39, 0.29) is 61.3 Å². The molecule has 4 N–H and O–H groups in total. The molecule has 2 aliphatic heterocycles. The summed E-state index contributed by atoms with van der Waals surface area (Å²) in [4.78, 5) is 20.4. The SMILES string of the molecule is Cl.NC(=NO)C1Cc2nc(C(=O)N3CCN(S(=O)(=O)c4ccc5cc(Cl)ccc5c4)CC3)sc2CN1. The van der Waals surface area contributed by atoms with Crippen LogP contribution >= 0.6 is 35.3 Å². The lowest BCUT2D eigenvalue weighted by Gasteiger charge is -2.33. The van der Waals surface area contributed by atoms with E-state index in [9.17, 15) is 13.2 Å². The molecule has 192 valence electrons. The number of halogens is 2. The van der Waals surface area contributed by atoms with Gasteiger partial charge in [-0.25, -0.2) is 13.4 Å². The Kier molecular flexibility index (Phi) is 7.74. The second-order valence-corrected chi connectivity index (χ2v) is 11.9. The van der Waals surface area contributed by atoms with Gasteiger partial charge in [0.05, 0.1) is 16.6 Å². The van der Waals surface area contributed by atoms with Crippen molar-refractivity contribution in [2.24, 2.45) is 10.9 Å². The van der Waals surface area contributed by atoms with E-state index in [2.05, 4.69) is 15.5 Å². The number of fused-ring (bicyclic) bond motifs is 2. The quantitative estimate of drug-likeness (QED) is 0.189. The average molecular weight is 572 g/mol. The number of carbonyl (C=O) groups is 1. The molecule has 0 spiro atoms. The van der Waals surface area contributed by atoms with Gasteiger partial charge in [-0.2, -0.15) is 4.31 Å². The molecule has 10 nitrogen and oxygen atoms in total. The van der Waals surface area contributed by atoms with Crippen molar-refractivity contribution in [3.63, 3.8) is 0 Å². The van der Waals surface area contributed by atoms with Crippen LogP contribution in [-0.4, -0.2) is 71.8 Å². The van der Waals surface area contributed by atoms with Gasteiger partial charge in [0.2, 0.25) is 10.0 Å².